The minimum absolute atomic E-state index is 0.0323. The monoisotopic (exact) mass is 353 g/mol. The van der Waals surface area contributed by atoms with Gasteiger partial charge in [-0.25, -0.2) is 0 Å². The summed E-state index contributed by atoms with van der Waals surface area (Å²) < 4.78 is 0. The Morgan fingerprint density at radius 3 is 2.33 bits per heavy atom. The topological polar surface area (TPSA) is 12.4 Å². The summed E-state index contributed by atoms with van der Waals surface area (Å²) in [6.45, 7) is 2.02. The van der Waals surface area contributed by atoms with Crippen molar-refractivity contribution in [3.63, 3.8) is 0 Å². The summed E-state index contributed by atoms with van der Waals surface area (Å²) in [6.07, 6.45) is 1.89. The number of hydrogen-bond donors (Lipinski definition) is 0. The molecule has 24 heavy (non-hydrogen) atoms. The number of aliphatic imine (C=N–C) groups is 1. The smallest absolute Gasteiger partial charge is 0.0735 e. The first kappa shape index (κ1) is 16.8. The zero-order valence-electron chi connectivity index (χ0n) is 13.3. The number of halogens is 2. The molecule has 0 radical (unpaired) electrons. The number of rotatable bonds is 4. The molecule has 3 aromatic rings. The standard InChI is InChI=1S/C21H17Cl2N/c1-15(20-11-10-19(22)13-21(20)23)24-14-16-6-5-9-18(12-16)17-7-3-2-4-8-17/h2-15H,1H3. The SMILES string of the molecule is CC(N=Cc1cccc(-c2ccccc2)c1)c1ccc(Cl)cc1Cl. The highest BCUT2D eigenvalue weighted by atomic mass is 35.5. The summed E-state index contributed by atoms with van der Waals surface area (Å²) in [5.74, 6) is 0. The second kappa shape index (κ2) is 7.65. The van der Waals surface area contributed by atoms with E-state index >= 15 is 0 Å². The molecule has 1 unspecified atom stereocenters. The Balaban J connectivity index is 1.82. The highest BCUT2D eigenvalue weighted by Crippen LogP contribution is 2.28. The fourth-order valence-corrected chi connectivity index (χ4v) is 3.11. The Hall–Kier alpha value is -2.09. The summed E-state index contributed by atoms with van der Waals surface area (Å²) in [6, 6.07) is 24.1. The van der Waals surface area contributed by atoms with Crippen molar-refractivity contribution in [2.45, 2.75) is 13.0 Å². The Bertz CT molecular complexity index is 857. The van der Waals surface area contributed by atoms with Crippen LogP contribution in [0.5, 0.6) is 0 Å². The van der Waals surface area contributed by atoms with Crippen LogP contribution in [0.15, 0.2) is 77.8 Å². The second-order valence-electron chi connectivity index (χ2n) is 5.61. The molecule has 0 aliphatic rings. The molecule has 0 amide bonds. The van der Waals surface area contributed by atoms with E-state index in [0.717, 1.165) is 11.1 Å². The lowest BCUT2D eigenvalue weighted by atomic mass is 10.0. The predicted molar refractivity (Wildman–Crippen MR) is 104 cm³/mol. The summed E-state index contributed by atoms with van der Waals surface area (Å²) in [5.41, 5.74) is 4.41. The van der Waals surface area contributed by atoms with Gasteiger partial charge in [0.1, 0.15) is 0 Å². The highest BCUT2D eigenvalue weighted by Gasteiger charge is 2.08. The van der Waals surface area contributed by atoms with Crippen LogP contribution in [0.1, 0.15) is 24.1 Å². The van der Waals surface area contributed by atoms with Crippen LogP contribution in [0.2, 0.25) is 10.0 Å². The zero-order valence-corrected chi connectivity index (χ0v) is 14.8. The normalized spacial score (nSPS) is 12.5. The van der Waals surface area contributed by atoms with E-state index in [2.05, 4.69) is 29.3 Å². The lowest BCUT2D eigenvalue weighted by Crippen LogP contribution is -1.93. The Morgan fingerprint density at radius 1 is 0.833 bits per heavy atom. The van der Waals surface area contributed by atoms with Gasteiger partial charge in [0.2, 0.25) is 0 Å². The fourth-order valence-electron chi connectivity index (χ4n) is 2.55. The molecular formula is C21H17Cl2N. The van der Waals surface area contributed by atoms with Crippen molar-refractivity contribution in [3.05, 3.63) is 94.0 Å². The maximum absolute atomic E-state index is 6.25. The van der Waals surface area contributed by atoms with Crippen molar-refractivity contribution in [1.29, 1.82) is 0 Å². The molecular weight excluding hydrogens is 337 g/mol. The number of nitrogens with zero attached hydrogens (tertiary/aromatic N) is 1. The van der Waals surface area contributed by atoms with E-state index in [1.165, 1.54) is 11.1 Å². The summed E-state index contributed by atoms with van der Waals surface area (Å²) in [5, 5.41) is 1.28. The third kappa shape index (κ3) is 4.05. The van der Waals surface area contributed by atoms with E-state index in [1.807, 2.05) is 55.6 Å². The Morgan fingerprint density at radius 2 is 1.58 bits per heavy atom. The molecule has 120 valence electrons. The van der Waals surface area contributed by atoms with Crippen molar-refractivity contribution in [2.24, 2.45) is 4.99 Å². The Kier molecular flexibility index (Phi) is 5.34. The van der Waals surface area contributed by atoms with E-state index in [0.29, 0.717) is 10.0 Å². The number of benzene rings is 3. The molecule has 0 N–H and O–H groups in total. The van der Waals surface area contributed by atoms with Crippen LogP contribution in [0.25, 0.3) is 11.1 Å². The minimum Gasteiger partial charge on any atom is -0.285 e. The van der Waals surface area contributed by atoms with E-state index in [9.17, 15) is 0 Å². The van der Waals surface area contributed by atoms with Crippen molar-refractivity contribution in [2.75, 3.05) is 0 Å². The fraction of sp³-hybridized carbons (Fsp3) is 0.0952. The van der Waals surface area contributed by atoms with Crippen LogP contribution in [0.3, 0.4) is 0 Å². The van der Waals surface area contributed by atoms with Crippen molar-refractivity contribution in [3.8, 4) is 11.1 Å². The first-order valence-corrected chi connectivity index (χ1v) is 8.53. The first-order valence-electron chi connectivity index (χ1n) is 7.77. The van der Waals surface area contributed by atoms with Crippen LogP contribution in [0.4, 0.5) is 0 Å². The van der Waals surface area contributed by atoms with E-state index in [1.54, 1.807) is 6.07 Å². The van der Waals surface area contributed by atoms with Gasteiger partial charge >= 0.3 is 0 Å². The van der Waals surface area contributed by atoms with Crippen LogP contribution >= 0.6 is 23.2 Å². The third-order valence-electron chi connectivity index (χ3n) is 3.85. The lowest BCUT2D eigenvalue weighted by Gasteiger charge is -2.09. The molecule has 0 heterocycles. The van der Waals surface area contributed by atoms with Gasteiger partial charge in [-0.15, -0.1) is 0 Å². The van der Waals surface area contributed by atoms with E-state index in [4.69, 9.17) is 23.2 Å². The van der Waals surface area contributed by atoms with Gasteiger partial charge in [0.05, 0.1) is 6.04 Å². The van der Waals surface area contributed by atoms with Gasteiger partial charge < -0.3 is 0 Å². The zero-order chi connectivity index (χ0) is 16.9. The first-order chi connectivity index (χ1) is 11.6. The molecule has 0 aromatic heterocycles. The lowest BCUT2D eigenvalue weighted by molar-refractivity contribution is 0.825. The average Bonchev–Trinajstić information content (AvgIpc) is 2.61. The number of hydrogen-bond acceptors (Lipinski definition) is 1. The molecule has 0 aliphatic heterocycles. The molecule has 3 rings (SSSR count). The van der Waals surface area contributed by atoms with E-state index < -0.39 is 0 Å². The molecule has 0 fully saturated rings. The molecule has 0 spiro atoms. The van der Waals surface area contributed by atoms with Gasteiger partial charge in [0, 0.05) is 16.3 Å². The van der Waals surface area contributed by atoms with Crippen LogP contribution < -0.4 is 0 Å². The van der Waals surface area contributed by atoms with Crippen LogP contribution in [-0.4, -0.2) is 6.21 Å². The Labute approximate surface area is 152 Å². The molecule has 0 saturated heterocycles. The highest BCUT2D eigenvalue weighted by molar-refractivity contribution is 6.35. The van der Waals surface area contributed by atoms with Gasteiger partial charge in [-0.2, -0.15) is 0 Å². The predicted octanol–water partition coefficient (Wildman–Crippen LogP) is 6.84. The van der Waals surface area contributed by atoms with Crippen molar-refractivity contribution >= 4 is 29.4 Å². The quantitative estimate of drug-likeness (QED) is 0.455. The van der Waals surface area contributed by atoms with Gasteiger partial charge in [0.25, 0.3) is 0 Å². The molecule has 0 saturated carbocycles. The maximum atomic E-state index is 6.25. The maximum Gasteiger partial charge on any atom is 0.0735 e. The van der Waals surface area contributed by atoms with Crippen LogP contribution in [-0.2, 0) is 0 Å². The van der Waals surface area contributed by atoms with E-state index in [-0.39, 0.29) is 6.04 Å². The van der Waals surface area contributed by atoms with Gasteiger partial charge in [-0.1, -0.05) is 77.8 Å². The summed E-state index contributed by atoms with van der Waals surface area (Å²) in [4.78, 5) is 4.64. The molecule has 1 atom stereocenters. The minimum atomic E-state index is -0.0323. The molecule has 1 nitrogen and oxygen atoms in total. The second-order valence-corrected chi connectivity index (χ2v) is 6.46. The molecule has 3 aromatic carbocycles. The van der Waals surface area contributed by atoms with Gasteiger partial charge in [-0.05, 0) is 47.4 Å². The van der Waals surface area contributed by atoms with Crippen molar-refractivity contribution in [1.82, 2.24) is 0 Å². The molecule has 3 heteroatoms. The summed E-state index contributed by atoms with van der Waals surface area (Å²) in [7, 11) is 0. The largest absolute Gasteiger partial charge is 0.285 e. The van der Waals surface area contributed by atoms with Gasteiger partial charge in [0.15, 0.2) is 0 Å². The third-order valence-corrected chi connectivity index (χ3v) is 4.42. The van der Waals surface area contributed by atoms with Crippen molar-refractivity contribution < 1.29 is 0 Å². The molecule has 0 bridgehead atoms. The van der Waals surface area contributed by atoms with Gasteiger partial charge in [-0.3, -0.25) is 4.99 Å². The average molecular weight is 354 g/mol. The summed E-state index contributed by atoms with van der Waals surface area (Å²) >= 11 is 12.2. The van der Waals surface area contributed by atoms with Crippen LogP contribution in [0, 0.1) is 0 Å². The molecule has 0 aliphatic carbocycles.